The first-order valence-electron chi connectivity index (χ1n) is 6.53. The predicted molar refractivity (Wildman–Crippen MR) is 72.3 cm³/mol. The molecule has 1 saturated carbocycles. The van der Waals surface area contributed by atoms with Crippen molar-refractivity contribution in [3.8, 4) is 0 Å². The zero-order valence-corrected chi connectivity index (χ0v) is 10.5. The molecule has 18 heavy (non-hydrogen) atoms. The van der Waals surface area contributed by atoms with Crippen molar-refractivity contribution >= 4 is 11.0 Å². The van der Waals surface area contributed by atoms with E-state index in [1.807, 2.05) is 25.1 Å². The van der Waals surface area contributed by atoms with Crippen molar-refractivity contribution in [1.29, 1.82) is 0 Å². The van der Waals surface area contributed by atoms with Gasteiger partial charge in [-0.15, -0.1) is 0 Å². The molecule has 0 unspecified atom stereocenters. The summed E-state index contributed by atoms with van der Waals surface area (Å²) in [5.74, 6) is 0.723. The van der Waals surface area contributed by atoms with E-state index in [4.69, 9.17) is 0 Å². The molecule has 0 bridgehead atoms. The fourth-order valence-electron chi connectivity index (χ4n) is 2.14. The van der Waals surface area contributed by atoms with Crippen LogP contribution in [0.3, 0.4) is 0 Å². The van der Waals surface area contributed by atoms with E-state index in [0.717, 1.165) is 35.5 Å². The van der Waals surface area contributed by atoms with Crippen LogP contribution in [-0.4, -0.2) is 16.2 Å². The summed E-state index contributed by atoms with van der Waals surface area (Å²) >= 11 is 0. The summed E-state index contributed by atoms with van der Waals surface area (Å²) in [6.45, 7) is 2.86. The molecule has 0 spiro atoms. The van der Waals surface area contributed by atoms with Crippen LogP contribution >= 0.6 is 0 Å². The molecular formula is C14H17N3O. The van der Waals surface area contributed by atoms with Gasteiger partial charge in [-0.25, -0.2) is 9.66 Å². The number of rotatable bonds is 4. The number of aromatic nitrogens is 2. The van der Waals surface area contributed by atoms with Crippen LogP contribution in [0.1, 0.15) is 25.3 Å². The minimum atomic E-state index is 0.0318. The Morgan fingerprint density at radius 1 is 1.50 bits per heavy atom. The summed E-state index contributed by atoms with van der Waals surface area (Å²) in [6.07, 6.45) is 5.00. The molecule has 1 aliphatic carbocycles. The molecule has 4 nitrogen and oxygen atoms in total. The van der Waals surface area contributed by atoms with Crippen molar-refractivity contribution in [3.05, 3.63) is 40.3 Å². The Hall–Kier alpha value is -1.84. The molecular weight excluding hydrogens is 226 g/mol. The highest BCUT2D eigenvalue weighted by Gasteiger charge is 2.21. The summed E-state index contributed by atoms with van der Waals surface area (Å²) in [5.41, 5.74) is 4.82. The summed E-state index contributed by atoms with van der Waals surface area (Å²) < 4.78 is 1.62. The molecule has 3 rings (SSSR count). The molecule has 1 N–H and O–H groups in total. The number of nitrogens with one attached hydrogen (secondary N) is 1. The van der Waals surface area contributed by atoms with E-state index in [1.165, 1.54) is 12.8 Å². The van der Waals surface area contributed by atoms with Gasteiger partial charge in [0.1, 0.15) is 0 Å². The average Bonchev–Trinajstić information content (AvgIpc) is 3.21. The topological polar surface area (TPSA) is 46.9 Å². The maximum absolute atomic E-state index is 12.3. The second-order valence-electron chi connectivity index (χ2n) is 4.89. The molecule has 1 aliphatic rings. The van der Waals surface area contributed by atoms with E-state index < -0.39 is 0 Å². The van der Waals surface area contributed by atoms with Crippen LogP contribution in [0.15, 0.2) is 29.2 Å². The largest absolute Gasteiger partial charge is 0.321 e. The van der Waals surface area contributed by atoms with Crippen LogP contribution in [0, 0.1) is 5.92 Å². The lowest BCUT2D eigenvalue weighted by molar-refractivity contribution is 0.750. The van der Waals surface area contributed by atoms with Crippen molar-refractivity contribution in [3.63, 3.8) is 0 Å². The lowest BCUT2D eigenvalue weighted by Gasteiger charge is -2.13. The van der Waals surface area contributed by atoms with E-state index in [2.05, 4.69) is 10.4 Å². The van der Waals surface area contributed by atoms with Gasteiger partial charge in [0.25, 0.3) is 5.56 Å². The highest BCUT2D eigenvalue weighted by molar-refractivity contribution is 5.75. The van der Waals surface area contributed by atoms with E-state index >= 15 is 0 Å². The van der Waals surface area contributed by atoms with Crippen LogP contribution in [-0.2, 0) is 6.42 Å². The van der Waals surface area contributed by atoms with Gasteiger partial charge in [-0.05, 0) is 43.4 Å². The number of nitrogens with zero attached hydrogens (tertiary/aromatic N) is 2. The second kappa shape index (κ2) is 4.44. The monoisotopic (exact) mass is 243 g/mol. The first-order valence-corrected chi connectivity index (χ1v) is 6.53. The number of pyridine rings is 2. The number of aryl methyl sites for hydroxylation is 1. The van der Waals surface area contributed by atoms with E-state index in [9.17, 15) is 4.79 Å². The maximum Gasteiger partial charge on any atom is 0.273 e. The van der Waals surface area contributed by atoms with Gasteiger partial charge in [-0.3, -0.25) is 4.79 Å². The Labute approximate surface area is 106 Å². The first kappa shape index (κ1) is 11.3. The molecule has 2 aromatic rings. The molecule has 0 aliphatic heterocycles. The van der Waals surface area contributed by atoms with Gasteiger partial charge >= 0.3 is 0 Å². The zero-order valence-electron chi connectivity index (χ0n) is 10.5. The molecule has 0 radical (unpaired) electrons. The van der Waals surface area contributed by atoms with Crippen molar-refractivity contribution in [1.82, 2.24) is 9.66 Å². The fraction of sp³-hybridized carbons (Fsp3) is 0.429. The predicted octanol–water partition coefficient (Wildman–Crippen LogP) is 1.91. The minimum absolute atomic E-state index is 0.0318. The third-order valence-electron chi connectivity index (χ3n) is 3.45. The third-order valence-corrected chi connectivity index (χ3v) is 3.45. The van der Waals surface area contributed by atoms with Gasteiger partial charge < -0.3 is 5.43 Å². The summed E-state index contributed by atoms with van der Waals surface area (Å²) in [7, 11) is 0. The van der Waals surface area contributed by atoms with Gasteiger partial charge in [-0.2, -0.15) is 0 Å². The molecule has 0 saturated heterocycles. The highest BCUT2D eigenvalue weighted by atomic mass is 16.1. The van der Waals surface area contributed by atoms with Crippen molar-refractivity contribution in [2.75, 3.05) is 12.0 Å². The molecule has 0 amide bonds. The van der Waals surface area contributed by atoms with Gasteiger partial charge in [0.05, 0.1) is 0 Å². The van der Waals surface area contributed by atoms with Gasteiger partial charge in [0.15, 0.2) is 5.65 Å². The molecule has 0 aromatic carbocycles. The lowest BCUT2D eigenvalue weighted by atomic mass is 10.2. The zero-order chi connectivity index (χ0) is 12.5. The molecule has 2 aromatic heterocycles. The van der Waals surface area contributed by atoms with Crippen molar-refractivity contribution in [2.45, 2.75) is 26.2 Å². The SMILES string of the molecule is CCc1cc2cccnc2n(NCC2CC2)c1=O. The maximum atomic E-state index is 12.3. The van der Waals surface area contributed by atoms with Gasteiger partial charge in [-0.1, -0.05) is 6.92 Å². The first-order chi connectivity index (χ1) is 8.79. The Balaban J connectivity index is 2.11. The average molecular weight is 243 g/mol. The summed E-state index contributed by atoms with van der Waals surface area (Å²) in [4.78, 5) is 16.6. The summed E-state index contributed by atoms with van der Waals surface area (Å²) in [5, 5.41) is 1.01. The molecule has 1 fully saturated rings. The van der Waals surface area contributed by atoms with E-state index in [0.29, 0.717) is 0 Å². The minimum Gasteiger partial charge on any atom is -0.321 e. The molecule has 4 heteroatoms. The molecule has 94 valence electrons. The summed E-state index contributed by atoms with van der Waals surface area (Å²) in [6, 6.07) is 5.84. The lowest BCUT2D eigenvalue weighted by Crippen LogP contribution is -2.33. The van der Waals surface area contributed by atoms with Crippen LogP contribution < -0.4 is 11.0 Å². The van der Waals surface area contributed by atoms with Crippen molar-refractivity contribution < 1.29 is 0 Å². The highest BCUT2D eigenvalue weighted by Crippen LogP contribution is 2.27. The smallest absolute Gasteiger partial charge is 0.273 e. The Morgan fingerprint density at radius 2 is 2.33 bits per heavy atom. The second-order valence-corrected chi connectivity index (χ2v) is 4.89. The van der Waals surface area contributed by atoms with Crippen molar-refractivity contribution in [2.24, 2.45) is 5.92 Å². The Kier molecular flexibility index (Phi) is 2.78. The third kappa shape index (κ3) is 1.98. The fourth-order valence-corrected chi connectivity index (χ4v) is 2.14. The Morgan fingerprint density at radius 3 is 3.06 bits per heavy atom. The van der Waals surface area contributed by atoms with Crippen LogP contribution in [0.2, 0.25) is 0 Å². The Bertz CT molecular complexity index is 628. The van der Waals surface area contributed by atoms with Crippen LogP contribution in [0.5, 0.6) is 0 Å². The van der Waals surface area contributed by atoms with Crippen LogP contribution in [0.25, 0.3) is 11.0 Å². The molecule has 0 atom stereocenters. The van der Waals surface area contributed by atoms with Gasteiger partial charge in [0, 0.05) is 23.7 Å². The normalized spacial score (nSPS) is 14.9. The van der Waals surface area contributed by atoms with Crippen LogP contribution in [0.4, 0.5) is 0 Å². The van der Waals surface area contributed by atoms with E-state index in [1.54, 1.807) is 10.9 Å². The number of hydrogen-bond donors (Lipinski definition) is 1. The number of fused-ring (bicyclic) bond motifs is 1. The molecule has 2 heterocycles. The number of hydrogen-bond acceptors (Lipinski definition) is 3. The standard InChI is InChI=1S/C14H17N3O/c1-2-11-8-12-4-3-7-15-13(12)17(14(11)18)16-9-10-5-6-10/h3-4,7-8,10,16H,2,5-6,9H2,1H3. The van der Waals surface area contributed by atoms with Gasteiger partial charge in [0.2, 0.25) is 0 Å². The quantitative estimate of drug-likeness (QED) is 0.892. The van der Waals surface area contributed by atoms with E-state index in [-0.39, 0.29) is 5.56 Å².